The summed E-state index contributed by atoms with van der Waals surface area (Å²) in [6.45, 7) is 2.71. The van der Waals surface area contributed by atoms with Crippen molar-refractivity contribution in [2.24, 2.45) is 17.6 Å². The maximum atomic E-state index is 12.2. The highest BCUT2D eigenvalue weighted by Gasteiger charge is 2.32. The largest absolute Gasteiger partial charge is 0.353 e. The van der Waals surface area contributed by atoms with Crippen LogP contribution in [0.15, 0.2) is 16.8 Å². The summed E-state index contributed by atoms with van der Waals surface area (Å²) in [5.74, 6) is 0.726. The van der Waals surface area contributed by atoms with Crippen LogP contribution in [-0.4, -0.2) is 18.5 Å². The van der Waals surface area contributed by atoms with E-state index in [4.69, 9.17) is 5.73 Å². The van der Waals surface area contributed by atoms with Crippen molar-refractivity contribution in [3.05, 3.63) is 22.4 Å². The minimum absolute atomic E-state index is 0.139. The van der Waals surface area contributed by atoms with Gasteiger partial charge in [0.1, 0.15) is 0 Å². The highest BCUT2D eigenvalue weighted by molar-refractivity contribution is 7.07. The molecule has 18 heavy (non-hydrogen) atoms. The second kappa shape index (κ2) is 6.34. The number of nitrogens with one attached hydrogen (secondary N) is 1. The first-order valence-electron chi connectivity index (χ1n) is 6.72. The topological polar surface area (TPSA) is 55.1 Å². The molecule has 0 aliphatic heterocycles. The van der Waals surface area contributed by atoms with Crippen molar-refractivity contribution in [1.82, 2.24) is 5.32 Å². The number of hydrogen-bond acceptors (Lipinski definition) is 3. The van der Waals surface area contributed by atoms with E-state index < -0.39 is 0 Å². The van der Waals surface area contributed by atoms with Gasteiger partial charge in [0, 0.05) is 12.0 Å². The molecule has 3 atom stereocenters. The number of carbonyl (C=O) groups is 1. The molecule has 3 N–H and O–H groups in total. The van der Waals surface area contributed by atoms with Gasteiger partial charge in [0.15, 0.2) is 0 Å². The summed E-state index contributed by atoms with van der Waals surface area (Å²) in [4.78, 5) is 12.2. The zero-order chi connectivity index (χ0) is 13.0. The number of rotatable bonds is 5. The Kier molecular flexibility index (Phi) is 4.78. The Morgan fingerprint density at radius 3 is 3.11 bits per heavy atom. The highest BCUT2D eigenvalue weighted by Crippen LogP contribution is 2.31. The molecule has 1 aromatic rings. The molecule has 1 aliphatic carbocycles. The molecule has 0 bridgehead atoms. The number of thiophene rings is 1. The lowest BCUT2D eigenvalue weighted by molar-refractivity contribution is -0.126. The van der Waals surface area contributed by atoms with Crippen LogP contribution < -0.4 is 11.1 Å². The lowest BCUT2D eigenvalue weighted by atomic mass is 9.95. The second-order valence-electron chi connectivity index (χ2n) is 5.28. The van der Waals surface area contributed by atoms with Crippen LogP contribution in [-0.2, 0) is 11.2 Å². The quantitative estimate of drug-likeness (QED) is 0.858. The number of nitrogens with two attached hydrogens (primary N) is 1. The Balaban J connectivity index is 1.83. The molecule has 1 saturated carbocycles. The standard InChI is InChI=1S/C14H22N2OS/c1-10(7-11-5-6-18-9-11)16-14(17)13-4-2-3-12(13)8-15/h5-6,9-10,12-13H,2-4,7-8,15H2,1H3,(H,16,17). The summed E-state index contributed by atoms with van der Waals surface area (Å²) >= 11 is 1.70. The van der Waals surface area contributed by atoms with Crippen LogP contribution in [0.3, 0.4) is 0 Å². The number of hydrogen-bond donors (Lipinski definition) is 2. The predicted octanol–water partition coefficient (Wildman–Crippen LogP) is 2.17. The molecule has 1 aliphatic rings. The molecule has 1 amide bonds. The maximum absolute atomic E-state index is 12.2. The first kappa shape index (κ1) is 13.6. The third-order valence-corrected chi connectivity index (χ3v) is 4.54. The molecule has 0 aromatic carbocycles. The molecular weight excluding hydrogens is 244 g/mol. The second-order valence-corrected chi connectivity index (χ2v) is 6.06. The molecule has 0 radical (unpaired) electrons. The fraction of sp³-hybridized carbons (Fsp3) is 0.643. The van der Waals surface area contributed by atoms with Crippen molar-refractivity contribution in [2.45, 2.75) is 38.6 Å². The smallest absolute Gasteiger partial charge is 0.223 e. The molecule has 1 fully saturated rings. The van der Waals surface area contributed by atoms with E-state index in [-0.39, 0.29) is 17.9 Å². The fourth-order valence-electron chi connectivity index (χ4n) is 2.83. The zero-order valence-electron chi connectivity index (χ0n) is 10.9. The van der Waals surface area contributed by atoms with Crippen LogP contribution in [0.1, 0.15) is 31.7 Å². The Bertz CT molecular complexity index is 377. The van der Waals surface area contributed by atoms with Gasteiger partial charge in [0.25, 0.3) is 0 Å². The monoisotopic (exact) mass is 266 g/mol. The molecule has 4 heteroatoms. The van der Waals surface area contributed by atoms with Gasteiger partial charge in [-0.1, -0.05) is 6.42 Å². The normalized spacial score (nSPS) is 25.0. The van der Waals surface area contributed by atoms with Crippen LogP contribution in [0.2, 0.25) is 0 Å². The van der Waals surface area contributed by atoms with Crippen LogP contribution in [0.25, 0.3) is 0 Å². The van der Waals surface area contributed by atoms with Crippen LogP contribution in [0.4, 0.5) is 0 Å². The van der Waals surface area contributed by atoms with Gasteiger partial charge in [-0.05, 0) is 61.0 Å². The van der Waals surface area contributed by atoms with E-state index >= 15 is 0 Å². The van der Waals surface area contributed by atoms with Crippen molar-refractivity contribution in [2.75, 3.05) is 6.54 Å². The van der Waals surface area contributed by atoms with Gasteiger partial charge in [-0.3, -0.25) is 4.79 Å². The summed E-state index contributed by atoms with van der Waals surface area (Å²) < 4.78 is 0. The predicted molar refractivity (Wildman–Crippen MR) is 75.5 cm³/mol. The van der Waals surface area contributed by atoms with Crippen molar-refractivity contribution >= 4 is 17.2 Å². The number of amides is 1. The SMILES string of the molecule is CC(Cc1ccsc1)NC(=O)C1CCCC1CN. The average molecular weight is 266 g/mol. The van der Waals surface area contributed by atoms with E-state index in [0.717, 1.165) is 25.7 Å². The number of carbonyl (C=O) groups excluding carboxylic acids is 1. The highest BCUT2D eigenvalue weighted by atomic mass is 32.1. The summed E-state index contributed by atoms with van der Waals surface area (Å²) in [5.41, 5.74) is 7.02. The third-order valence-electron chi connectivity index (χ3n) is 3.81. The van der Waals surface area contributed by atoms with Gasteiger partial charge in [-0.15, -0.1) is 0 Å². The maximum Gasteiger partial charge on any atom is 0.223 e. The van der Waals surface area contributed by atoms with Crippen molar-refractivity contribution in [3.63, 3.8) is 0 Å². The van der Waals surface area contributed by atoms with Crippen molar-refractivity contribution in [3.8, 4) is 0 Å². The zero-order valence-corrected chi connectivity index (χ0v) is 11.7. The Labute approximate surface area is 113 Å². The molecule has 3 unspecified atom stereocenters. The molecule has 1 aromatic heterocycles. The lowest BCUT2D eigenvalue weighted by Crippen LogP contribution is -2.40. The molecule has 100 valence electrons. The Hall–Kier alpha value is -0.870. The summed E-state index contributed by atoms with van der Waals surface area (Å²) in [7, 11) is 0. The van der Waals surface area contributed by atoms with Crippen LogP contribution >= 0.6 is 11.3 Å². The van der Waals surface area contributed by atoms with Gasteiger partial charge in [0.2, 0.25) is 5.91 Å². The summed E-state index contributed by atoms with van der Waals surface area (Å²) in [6.07, 6.45) is 4.15. The van der Waals surface area contributed by atoms with Gasteiger partial charge in [-0.25, -0.2) is 0 Å². The average Bonchev–Trinajstić information content (AvgIpc) is 2.97. The molecular formula is C14H22N2OS. The fourth-order valence-corrected chi connectivity index (χ4v) is 3.51. The van der Waals surface area contributed by atoms with E-state index in [1.807, 2.05) is 0 Å². The van der Waals surface area contributed by atoms with Crippen molar-refractivity contribution < 1.29 is 4.79 Å². The van der Waals surface area contributed by atoms with E-state index in [2.05, 4.69) is 29.1 Å². The van der Waals surface area contributed by atoms with Crippen LogP contribution in [0, 0.1) is 11.8 Å². The van der Waals surface area contributed by atoms with Crippen molar-refractivity contribution in [1.29, 1.82) is 0 Å². The third kappa shape index (κ3) is 3.33. The summed E-state index contributed by atoms with van der Waals surface area (Å²) in [5, 5.41) is 7.35. The van der Waals surface area contributed by atoms with Gasteiger partial charge in [0.05, 0.1) is 0 Å². The summed E-state index contributed by atoms with van der Waals surface area (Å²) in [6, 6.07) is 2.32. The lowest BCUT2D eigenvalue weighted by Gasteiger charge is -2.20. The van der Waals surface area contributed by atoms with Gasteiger partial charge in [-0.2, -0.15) is 11.3 Å². The van der Waals surface area contributed by atoms with Gasteiger partial charge < -0.3 is 11.1 Å². The van der Waals surface area contributed by atoms with E-state index in [1.165, 1.54) is 5.56 Å². The molecule has 2 rings (SSSR count). The molecule has 1 heterocycles. The van der Waals surface area contributed by atoms with E-state index in [1.54, 1.807) is 11.3 Å². The Morgan fingerprint density at radius 2 is 2.44 bits per heavy atom. The van der Waals surface area contributed by atoms with E-state index in [0.29, 0.717) is 12.5 Å². The Morgan fingerprint density at radius 1 is 1.61 bits per heavy atom. The molecule has 0 saturated heterocycles. The first-order valence-corrected chi connectivity index (χ1v) is 7.66. The van der Waals surface area contributed by atoms with Gasteiger partial charge >= 0.3 is 0 Å². The van der Waals surface area contributed by atoms with Crippen LogP contribution in [0.5, 0.6) is 0 Å². The minimum Gasteiger partial charge on any atom is -0.353 e. The molecule has 0 spiro atoms. The minimum atomic E-state index is 0.139. The first-order chi connectivity index (χ1) is 8.70. The molecule has 3 nitrogen and oxygen atoms in total. The van der Waals surface area contributed by atoms with E-state index in [9.17, 15) is 4.79 Å².